The summed E-state index contributed by atoms with van der Waals surface area (Å²) in [7, 11) is 0. The molecule has 0 aliphatic carbocycles. The number of nitrogens with one attached hydrogen (secondary N) is 2. The van der Waals surface area contributed by atoms with Gasteiger partial charge in [-0.25, -0.2) is 0 Å². The molecule has 2 heterocycles. The van der Waals surface area contributed by atoms with E-state index in [-0.39, 0.29) is 11.7 Å². The van der Waals surface area contributed by atoms with Crippen LogP contribution >= 0.6 is 11.8 Å². The molecule has 4 aromatic rings. The number of H-pyrrole nitrogens is 1. The number of rotatable bonds is 8. The summed E-state index contributed by atoms with van der Waals surface area (Å²) < 4.78 is 1.66. The maximum Gasteiger partial charge on any atom is 0.230 e. The zero-order valence-electron chi connectivity index (χ0n) is 17.0. The third-order valence-corrected chi connectivity index (χ3v) is 5.89. The number of fused-ring (bicyclic) bond motifs is 1. The standard InChI is InChI=1S/C22H24N6OS/c1-15(2)16-7-9-18(10-8-16)28-22(25-26-27-28)30-14-21(29)23-12-11-17-13-24-20-6-4-3-5-19(17)20/h3-10,13,15,24H,11-12,14H2,1-2H3,(H,23,29). The van der Waals surface area contributed by atoms with E-state index < -0.39 is 0 Å². The molecule has 0 aliphatic heterocycles. The van der Waals surface area contributed by atoms with Gasteiger partial charge in [0.2, 0.25) is 11.1 Å². The monoisotopic (exact) mass is 420 g/mol. The quantitative estimate of drug-likeness (QED) is 0.424. The Morgan fingerprint density at radius 2 is 1.97 bits per heavy atom. The van der Waals surface area contributed by atoms with Crippen molar-refractivity contribution in [2.75, 3.05) is 12.3 Å². The number of para-hydroxylation sites is 1. The Labute approximate surface area is 179 Å². The van der Waals surface area contributed by atoms with Gasteiger partial charge in [0.15, 0.2) is 0 Å². The fraction of sp³-hybridized carbons (Fsp3) is 0.273. The summed E-state index contributed by atoms with van der Waals surface area (Å²) in [6.45, 7) is 4.90. The third kappa shape index (κ3) is 4.54. The lowest BCUT2D eigenvalue weighted by Gasteiger charge is -2.08. The van der Waals surface area contributed by atoms with Crippen molar-refractivity contribution in [1.29, 1.82) is 0 Å². The molecule has 0 radical (unpaired) electrons. The van der Waals surface area contributed by atoms with E-state index in [2.05, 4.69) is 63.9 Å². The summed E-state index contributed by atoms with van der Waals surface area (Å²) in [4.78, 5) is 15.5. The van der Waals surface area contributed by atoms with Crippen LogP contribution in [0, 0.1) is 0 Å². The van der Waals surface area contributed by atoms with E-state index >= 15 is 0 Å². The second-order valence-corrected chi connectivity index (χ2v) is 8.31. The van der Waals surface area contributed by atoms with Gasteiger partial charge in [-0.1, -0.05) is 55.9 Å². The first-order chi connectivity index (χ1) is 14.6. The molecule has 2 aromatic carbocycles. The number of hydrogen-bond donors (Lipinski definition) is 2. The minimum Gasteiger partial charge on any atom is -0.361 e. The lowest BCUT2D eigenvalue weighted by molar-refractivity contribution is -0.118. The number of aromatic amines is 1. The average Bonchev–Trinajstić information content (AvgIpc) is 3.39. The van der Waals surface area contributed by atoms with Crippen LogP contribution in [-0.4, -0.2) is 43.4 Å². The number of aromatic nitrogens is 5. The largest absolute Gasteiger partial charge is 0.361 e. The second-order valence-electron chi connectivity index (χ2n) is 7.37. The molecule has 0 aliphatic rings. The predicted molar refractivity (Wildman–Crippen MR) is 119 cm³/mol. The molecule has 7 nitrogen and oxygen atoms in total. The number of carbonyl (C=O) groups excluding carboxylic acids is 1. The molecule has 0 bridgehead atoms. The Bertz CT molecular complexity index is 1130. The van der Waals surface area contributed by atoms with E-state index in [1.54, 1.807) is 4.68 Å². The molecule has 154 valence electrons. The molecule has 0 unspecified atom stereocenters. The van der Waals surface area contributed by atoms with Crippen LogP contribution in [0.4, 0.5) is 0 Å². The first kappa shape index (κ1) is 20.2. The molecular weight excluding hydrogens is 396 g/mol. The fourth-order valence-electron chi connectivity index (χ4n) is 3.29. The van der Waals surface area contributed by atoms with Gasteiger partial charge in [0.1, 0.15) is 0 Å². The zero-order valence-corrected chi connectivity index (χ0v) is 17.8. The maximum absolute atomic E-state index is 12.3. The Hall–Kier alpha value is -3.13. The molecule has 1 amide bonds. The summed E-state index contributed by atoms with van der Waals surface area (Å²) in [5.74, 6) is 0.692. The molecule has 8 heteroatoms. The molecule has 4 rings (SSSR count). The summed E-state index contributed by atoms with van der Waals surface area (Å²) >= 11 is 1.33. The van der Waals surface area contributed by atoms with Crippen LogP contribution < -0.4 is 5.32 Å². The highest BCUT2D eigenvalue weighted by molar-refractivity contribution is 7.99. The Morgan fingerprint density at radius 3 is 2.77 bits per heavy atom. The van der Waals surface area contributed by atoms with Crippen LogP contribution in [0.3, 0.4) is 0 Å². The van der Waals surface area contributed by atoms with E-state index in [9.17, 15) is 4.79 Å². The predicted octanol–water partition coefficient (Wildman–Crippen LogP) is 3.72. The highest BCUT2D eigenvalue weighted by Gasteiger charge is 2.12. The number of benzene rings is 2. The smallest absolute Gasteiger partial charge is 0.230 e. The van der Waals surface area contributed by atoms with Gasteiger partial charge in [-0.2, -0.15) is 4.68 Å². The number of nitrogens with zero attached hydrogens (tertiary/aromatic N) is 4. The SMILES string of the molecule is CC(C)c1ccc(-n2nnnc2SCC(=O)NCCc2c[nH]c3ccccc23)cc1. The first-order valence-corrected chi connectivity index (χ1v) is 10.9. The van der Waals surface area contributed by atoms with E-state index in [4.69, 9.17) is 0 Å². The van der Waals surface area contributed by atoms with Gasteiger partial charge in [0.05, 0.1) is 11.4 Å². The van der Waals surface area contributed by atoms with Crippen LogP contribution in [0.5, 0.6) is 0 Å². The van der Waals surface area contributed by atoms with E-state index in [1.165, 1.54) is 28.3 Å². The van der Waals surface area contributed by atoms with Gasteiger partial charge in [-0.05, 0) is 52.1 Å². The van der Waals surface area contributed by atoms with Crippen molar-refractivity contribution in [3.05, 3.63) is 65.9 Å². The first-order valence-electron chi connectivity index (χ1n) is 9.95. The summed E-state index contributed by atoms with van der Waals surface area (Å²) in [5.41, 5.74) is 4.46. The van der Waals surface area contributed by atoms with Crippen molar-refractivity contribution in [2.24, 2.45) is 0 Å². The average molecular weight is 421 g/mol. The molecule has 2 N–H and O–H groups in total. The maximum atomic E-state index is 12.3. The van der Waals surface area contributed by atoms with Crippen LogP contribution in [0.2, 0.25) is 0 Å². The second kappa shape index (κ2) is 9.13. The van der Waals surface area contributed by atoms with Crippen LogP contribution in [-0.2, 0) is 11.2 Å². The normalized spacial score (nSPS) is 11.3. The zero-order chi connectivity index (χ0) is 20.9. The Balaban J connectivity index is 1.30. The molecule has 2 aromatic heterocycles. The number of thioether (sulfide) groups is 1. The summed E-state index contributed by atoms with van der Waals surface area (Å²) in [6, 6.07) is 16.3. The van der Waals surface area contributed by atoms with Crippen LogP contribution in [0.15, 0.2) is 59.9 Å². The van der Waals surface area contributed by atoms with Crippen molar-refractivity contribution >= 4 is 28.6 Å². The van der Waals surface area contributed by atoms with Gasteiger partial charge in [0, 0.05) is 23.6 Å². The molecule has 30 heavy (non-hydrogen) atoms. The minimum absolute atomic E-state index is 0.0375. The molecule has 0 saturated carbocycles. The fourth-order valence-corrected chi connectivity index (χ4v) is 4.01. The van der Waals surface area contributed by atoms with Gasteiger partial charge in [0.25, 0.3) is 0 Å². The molecule has 0 saturated heterocycles. The summed E-state index contributed by atoms with van der Waals surface area (Å²) in [6.07, 6.45) is 2.78. The lowest BCUT2D eigenvalue weighted by atomic mass is 10.0. The van der Waals surface area contributed by atoms with Gasteiger partial charge in [-0.3, -0.25) is 4.79 Å². The lowest BCUT2D eigenvalue weighted by Crippen LogP contribution is -2.27. The van der Waals surface area contributed by atoms with Crippen molar-refractivity contribution in [3.8, 4) is 5.69 Å². The van der Waals surface area contributed by atoms with Crippen LogP contribution in [0.1, 0.15) is 30.9 Å². The van der Waals surface area contributed by atoms with E-state index in [0.717, 1.165) is 17.6 Å². The van der Waals surface area contributed by atoms with Crippen molar-refractivity contribution in [3.63, 3.8) is 0 Å². The third-order valence-electron chi connectivity index (χ3n) is 4.97. The molecule has 0 spiro atoms. The molecule has 0 fully saturated rings. The Morgan fingerprint density at radius 1 is 1.17 bits per heavy atom. The van der Waals surface area contributed by atoms with Crippen molar-refractivity contribution in [2.45, 2.75) is 31.3 Å². The number of amides is 1. The highest BCUT2D eigenvalue weighted by atomic mass is 32.2. The number of carbonyl (C=O) groups is 1. The summed E-state index contributed by atoms with van der Waals surface area (Å²) in [5, 5.41) is 16.7. The molecule has 0 atom stereocenters. The van der Waals surface area contributed by atoms with Gasteiger partial charge >= 0.3 is 0 Å². The highest BCUT2D eigenvalue weighted by Crippen LogP contribution is 2.21. The van der Waals surface area contributed by atoms with Crippen LogP contribution in [0.25, 0.3) is 16.6 Å². The van der Waals surface area contributed by atoms with Crippen molar-refractivity contribution in [1.82, 2.24) is 30.5 Å². The molecular formula is C22H24N6OS. The number of hydrogen-bond acceptors (Lipinski definition) is 5. The van der Waals surface area contributed by atoms with Gasteiger partial charge < -0.3 is 10.3 Å². The Kier molecular flexibility index (Phi) is 6.13. The minimum atomic E-state index is -0.0375. The van der Waals surface area contributed by atoms with Crippen molar-refractivity contribution < 1.29 is 4.79 Å². The number of tetrazole rings is 1. The van der Waals surface area contributed by atoms with E-state index in [0.29, 0.717) is 17.6 Å². The van der Waals surface area contributed by atoms with E-state index in [1.807, 2.05) is 30.5 Å². The van der Waals surface area contributed by atoms with Gasteiger partial charge in [-0.15, -0.1) is 5.10 Å². The topological polar surface area (TPSA) is 88.5 Å².